The normalized spacial score (nSPS) is 38.6. The fourth-order valence-corrected chi connectivity index (χ4v) is 0.630. The van der Waals surface area contributed by atoms with Gasteiger partial charge in [0.15, 0.2) is 0 Å². The van der Waals surface area contributed by atoms with Gasteiger partial charge in [0.2, 0.25) is 0 Å². The molecule has 1 aliphatic carbocycles. The fraction of sp³-hybridized carbons (Fsp3) is 1.00. The molecular weight excluding hydrogens is 114 g/mol. The molecule has 0 heterocycles. The number of aliphatic hydroxyl groups is 1. The molecule has 0 amide bonds. The van der Waals surface area contributed by atoms with Gasteiger partial charge in [-0.15, -0.1) is 0 Å². The smallest absolute Gasteiger partial charge is 1.00 e. The van der Waals surface area contributed by atoms with Gasteiger partial charge in [-0.25, -0.2) is 0 Å². The molecule has 44 valence electrons. The predicted molar refractivity (Wildman–Crippen MR) is 24.3 cm³/mol. The summed E-state index contributed by atoms with van der Waals surface area (Å²) in [6.07, 6.45) is 1.53. The molecule has 7 heavy (non-hydrogen) atoms. The number of rotatable bonds is 0. The third-order valence-corrected chi connectivity index (χ3v) is 1.15. The minimum Gasteiger partial charge on any atom is -1.00 e. The summed E-state index contributed by atoms with van der Waals surface area (Å²) in [5.74, 6) is 0. The first-order chi connectivity index (χ1) is 2.79. The van der Waals surface area contributed by atoms with Crippen molar-refractivity contribution < 1.29 is 18.9 Å². The van der Waals surface area contributed by atoms with E-state index in [1.165, 1.54) is 0 Å². The number of aliphatic hydroxyl groups excluding tert-OH is 1. The number of halogens is 1. The van der Waals surface area contributed by atoms with Crippen LogP contribution in [0, 0.1) is 0 Å². The van der Waals surface area contributed by atoms with Gasteiger partial charge in [-0.1, -0.05) is 0 Å². The van der Waals surface area contributed by atoms with Crippen LogP contribution in [0.3, 0.4) is 0 Å². The minimum atomic E-state index is -0.0833. The Morgan fingerprint density at radius 2 is 2.00 bits per heavy atom. The molecule has 3 N–H and O–H groups in total. The van der Waals surface area contributed by atoms with Crippen molar-refractivity contribution in [3.63, 3.8) is 0 Å². The molecule has 1 rings (SSSR count). The van der Waals surface area contributed by atoms with E-state index in [2.05, 4.69) is 0 Å². The van der Waals surface area contributed by atoms with E-state index in [1.807, 2.05) is 0 Å². The molecule has 0 spiro atoms. The van der Waals surface area contributed by atoms with E-state index in [-0.39, 0.29) is 19.9 Å². The molecule has 0 saturated heterocycles. The van der Waals surface area contributed by atoms with Gasteiger partial charge in [0.1, 0.15) is 0 Å². The molecule has 3 heteroatoms. The van der Waals surface area contributed by atoms with E-state index >= 15 is 0 Å². The van der Waals surface area contributed by atoms with Gasteiger partial charge in [0, 0.05) is 6.04 Å². The third kappa shape index (κ3) is 1.63. The molecule has 2 nitrogen and oxygen atoms in total. The summed E-state index contributed by atoms with van der Waals surface area (Å²) < 4.78 is 0. The summed E-state index contributed by atoms with van der Waals surface area (Å²) >= 11 is 0. The quantitative estimate of drug-likeness (QED) is 0.353. The van der Waals surface area contributed by atoms with Crippen LogP contribution in [0.25, 0.3) is 0 Å². The second-order valence-corrected chi connectivity index (χ2v) is 1.89. The van der Waals surface area contributed by atoms with E-state index in [0.717, 1.165) is 12.8 Å². The van der Waals surface area contributed by atoms with Crippen LogP contribution in [0.15, 0.2) is 0 Å². The van der Waals surface area contributed by atoms with Crippen molar-refractivity contribution in [2.75, 3.05) is 0 Å². The van der Waals surface area contributed by atoms with E-state index in [0.29, 0.717) is 6.04 Å². The number of nitrogens with two attached hydrogens (primary N) is 1. The molecule has 0 aromatic carbocycles. The molecule has 0 atom stereocenters. The SMILES string of the molecule is N[C@H]1C[C@@H](O)C1.[Cl-].[H+]. The van der Waals surface area contributed by atoms with Crippen LogP contribution in [-0.2, 0) is 0 Å². The van der Waals surface area contributed by atoms with Gasteiger partial charge in [0.25, 0.3) is 0 Å². The van der Waals surface area contributed by atoms with Crippen molar-refractivity contribution in [2.45, 2.75) is 25.0 Å². The maximum Gasteiger partial charge on any atom is 1.00 e. The maximum atomic E-state index is 8.54. The Balaban J connectivity index is 0. The summed E-state index contributed by atoms with van der Waals surface area (Å²) in [5.41, 5.74) is 5.31. The number of hydrogen-bond acceptors (Lipinski definition) is 2. The average Bonchev–Trinajstić information content (AvgIpc) is 1.33. The van der Waals surface area contributed by atoms with Crippen molar-refractivity contribution in [1.82, 2.24) is 0 Å². The topological polar surface area (TPSA) is 46.2 Å². The molecule has 0 aromatic rings. The van der Waals surface area contributed by atoms with E-state index in [9.17, 15) is 0 Å². The van der Waals surface area contributed by atoms with Crippen molar-refractivity contribution in [3.05, 3.63) is 0 Å². The molecule has 1 saturated carbocycles. The summed E-state index contributed by atoms with van der Waals surface area (Å²) in [7, 11) is 0. The summed E-state index contributed by atoms with van der Waals surface area (Å²) in [5, 5.41) is 8.54. The van der Waals surface area contributed by atoms with Crippen LogP contribution in [-0.4, -0.2) is 17.3 Å². The Morgan fingerprint density at radius 1 is 1.57 bits per heavy atom. The highest BCUT2D eigenvalue weighted by Crippen LogP contribution is 2.15. The number of hydrogen-bond donors (Lipinski definition) is 2. The highest BCUT2D eigenvalue weighted by Gasteiger charge is 2.22. The average molecular weight is 124 g/mol. The minimum absolute atomic E-state index is 0. The summed E-state index contributed by atoms with van der Waals surface area (Å²) in [6, 6.07) is 0.292. The molecule has 0 bridgehead atoms. The van der Waals surface area contributed by atoms with Gasteiger partial charge in [-0.2, -0.15) is 0 Å². The van der Waals surface area contributed by atoms with E-state index < -0.39 is 0 Å². The van der Waals surface area contributed by atoms with Crippen LogP contribution in [0.2, 0.25) is 0 Å². The third-order valence-electron chi connectivity index (χ3n) is 1.15. The Labute approximate surface area is 50.6 Å². The summed E-state index contributed by atoms with van der Waals surface area (Å²) in [6.45, 7) is 0. The maximum absolute atomic E-state index is 8.54. The predicted octanol–water partition coefficient (Wildman–Crippen LogP) is -3.42. The molecule has 0 aliphatic heterocycles. The Morgan fingerprint density at radius 3 is 2.00 bits per heavy atom. The Bertz CT molecular complexity index is 52.0. The lowest BCUT2D eigenvalue weighted by molar-refractivity contribution is -0.00000690. The van der Waals surface area contributed by atoms with Crippen molar-refractivity contribution in [2.24, 2.45) is 5.73 Å². The highest BCUT2D eigenvalue weighted by atomic mass is 35.5. The van der Waals surface area contributed by atoms with Gasteiger partial charge in [-0.3, -0.25) is 0 Å². The fourth-order valence-electron chi connectivity index (χ4n) is 0.630. The van der Waals surface area contributed by atoms with Gasteiger partial charge in [-0.05, 0) is 12.8 Å². The zero-order chi connectivity index (χ0) is 4.57. The van der Waals surface area contributed by atoms with E-state index in [1.54, 1.807) is 0 Å². The molecule has 1 fully saturated rings. The highest BCUT2D eigenvalue weighted by molar-refractivity contribution is 4.80. The zero-order valence-corrected chi connectivity index (χ0v) is 4.73. The molecular formula is C4H10ClNO. The molecule has 0 aromatic heterocycles. The molecule has 1 aliphatic rings. The standard InChI is InChI=1S/C4H9NO.ClH/c5-3-1-4(6)2-3;/h3-4,6H,1-2,5H2;1H/t3-,4+;. The van der Waals surface area contributed by atoms with Gasteiger partial charge in [0.05, 0.1) is 6.10 Å². The monoisotopic (exact) mass is 123 g/mol. The Kier molecular flexibility index (Phi) is 2.58. The van der Waals surface area contributed by atoms with Gasteiger partial charge < -0.3 is 23.2 Å². The van der Waals surface area contributed by atoms with Crippen LogP contribution in [0.4, 0.5) is 0 Å². The van der Waals surface area contributed by atoms with Crippen LogP contribution in [0.5, 0.6) is 0 Å². The van der Waals surface area contributed by atoms with Crippen LogP contribution in [0.1, 0.15) is 14.3 Å². The van der Waals surface area contributed by atoms with Gasteiger partial charge >= 0.3 is 1.43 Å². The zero-order valence-electron chi connectivity index (χ0n) is 4.97. The Hall–Kier alpha value is 0.210. The van der Waals surface area contributed by atoms with Crippen molar-refractivity contribution in [3.8, 4) is 0 Å². The second kappa shape index (κ2) is 2.50. The first kappa shape index (κ1) is 7.21. The largest absolute Gasteiger partial charge is 1.00 e. The molecule has 0 unspecified atom stereocenters. The lowest BCUT2D eigenvalue weighted by atomic mass is 9.91. The van der Waals surface area contributed by atoms with Crippen molar-refractivity contribution >= 4 is 0 Å². The van der Waals surface area contributed by atoms with Crippen LogP contribution >= 0.6 is 0 Å². The van der Waals surface area contributed by atoms with Crippen molar-refractivity contribution in [1.29, 1.82) is 0 Å². The first-order valence-corrected chi connectivity index (χ1v) is 2.22. The molecule has 0 radical (unpaired) electrons. The lowest BCUT2D eigenvalue weighted by Gasteiger charge is -2.26. The first-order valence-electron chi connectivity index (χ1n) is 2.22. The van der Waals surface area contributed by atoms with E-state index in [4.69, 9.17) is 10.8 Å². The summed E-state index contributed by atoms with van der Waals surface area (Å²) in [4.78, 5) is 0. The van der Waals surface area contributed by atoms with Crippen LogP contribution < -0.4 is 18.1 Å². The second-order valence-electron chi connectivity index (χ2n) is 1.89. The lowest BCUT2D eigenvalue weighted by Crippen LogP contribution is -3.00.